The smallest absolute Gasteiger partial charge is 0.119 e. The van der Waals surface area contributed by atoms with Gasteiger partial charge in [0.1, 0.15) is 5.75 Å². The summed E-state index contributed by atoms with van der Waals surface area (Å²) in [7, 11) is 0. The Morgan fingerprint density at radius 1 is 1.31 bits per heavy atom. The van der Waals surface area contributed by atoms with Crippen LogP contribution in [0, 0.1) is 6.92 Å². The summed E-state index contributed by atoms with van der Waals surface area (Å²) < 4.78 is 5.33. The number of ether oxygens (including phenoxy) is 1. The SMILES string of the molecule is [CH2]C=CCc1ccc(OCC)cc1. The second kappa shape index (κ2) is 5.41. The minimum atomic E-state index is 0.720. The molecule has 0 fully saturated rings. The first-order chi connectivity index (χ1) is 6.36. The van der Waals surface area contributed by atoms with Gasteiger partial charge in [0.25, 0.3) is 0 Å². The molecule has 0 aliphatic carbocycles. The maximum atomic E-state index is 5.33. The highest BCUT2D eigenvalue weighted by molar-refractivity contribution is 5.28. The molecule has 1 rings (SSSR count). The molecule has 1 nitrogen and oxygen atoms in total. The van der Waals surface area contributed by atoms with Gasteiger partial charge in [0.2, 0.25) is 0 Å². The normalized spacial score (nSPS) is 10.6. The number of hydrogen-bond acceptors (Lipinski definition) is 1. The molecule has 1 aromatic rings. The standard InChI is InChI=1S/C12H15O/c1-3-5-6-11-7-9-12(10-8-11)13-4-2/h3,5,7-10H,1,4,6H2,2H3. The first kappa shape index (κ1) is 9.85. The minimum Gasteiger partial charge on any atom is -0.494 e. The zero-order valence-corrected chi connectivity index (χ0v) is 7.99. The molecule has 0 bridgehead atoms. The molecule has 1 heteroatoms. The maximum Gasteiger partial charge on any atom is 0.119 e. The van der Waals surface area contributed by atoms with Gasteiger partial charge < -0.3 is 4.74 Å². The summed E-state index contributed by atoms with van der Waals surface area (Å²) in [5.74, 6) is 0.935. The summed E-state index contributed by atoms with van der Waals surface area (Å²) in [4.78, 5) is 0. The van der Waals surface area contributed by atoms with E-state index < -0.39 is 0 Å². The van der Waals surface area contributed by atoms with Gasteiger partial charge in [0.05, 0.1) is 6.61 Å². The van der Waals surface area contributed by atoms with E-state index in [9.17, 15) is 0 Å². The van der Waals surface area contributed by atoms with Crippen molar-refractivity contribution < 1.29 is 4.74 Å². The predicted molar refractivity (Wildman–Crippen MR) is 55.8 cm³/mol. The van der Waals surface area contributed by atoms with Crippen molar-refractivity contribution in [1.82, 2.24) is 0 Å². The van der Waals surface area contributed by atoms with E-state index in [1.807, 2.05) is 31.2 Å². The van der Waals surface area contributed by atoms with Crippen LogP contribution >= 0.6 is 0 Å². The van der Waals surface area contributed by atoms with E-state index in [0.717, 1.165) is 18.8 Å². The Labute approximate surface area is 80.0 Å². The Kier molecular flexibility index (Phi) is 4.10. The molecule has 0 amide bonds. The van der Waals surface area contributed by atoms with Gasteiger partial charge in [0, 0.05) is 0 Å². The van der Waals surface area contributed by atoms with Crippen molar-refractivity contribution in [2.75, 3.05) is 6.61 Å². The van der Waals surface area contributed by atoms with Crippen LogP contribution in [0.3, 0.4) is 0 Å². The highest BCUT2D eigenvalue weighted by atomic mass is 16.5. The molecular formula is C12H15O. The van der Waals surface area contributed by atoms with Crippen LogP contribution in [0.1, 0.15) is 12.5 Å². The number of allylic oxidation sites excluding steroid dienone is 2. The Hall–Kier alpha value is -1.24. The molecule has 0 heterocycles. The highest BCUT2D eigenvalue weighted by Gasteiger charge is 1.91. The van der Waals surface area contributed by atoms with E-state index in [2.05, 4.69) is 19.1 Å². The number of hydrogen-bond donors (Lipinski definition) is 0. The van der Waals surface area contributed by atoms with E-state index >= 15 is 0 Å². The summed E-state index contributed by atoms with van der Waals surface area (Å²) in [5.41, 5.74) is 1.28. The van der Waals surface area contributed by atoms with E-state index in [4.69, 9.17) is 4.74 Å². The Morgan fingerprint density at radius 3 is 2.54 bits per heavy atom. The van der Waals surface area contributed by atoms with Gasteiger partial charge in [-0.05, 0) is 38.0 Å². The second-order valence-corrected chi connectivity index (χ2v) is 2.75. The first-order valence-electron chi connectivity index (χ1n) is 4.52. The van der Waals surface area contributed by atoms with Gasteiger partial charge in [-0.1, -0.05) is 24.3 Å². The molecule has 0 N–H and O–H groups in total. The number of benzene rings is 1. The van der Waals surface area contributed by atoms with Crippen LogP contribution in [-0.2, 0) is 6.42 Å². The molecule has 0 saturated carbocycles. The number of rotatable bonds is 4. The predicted octanol–water partition coefficient (Wildman–Crippen LogP) is 3.02. The molecule has 13 heavy (non-hydrogen) atoms. The molecule has 1 aromatic carbocycles. The molecule has 0 spiro atoms. The van der Waals surface area contributed by atoms with Crippen LogP contribution < -0.4 is 4.74 Å². The van der Waals surface area contributed by atoms with Crippen molar-refractivity contribution >= 4 is 0 Å². The Morgan fingerprint density at radius 2 is 2.00 bits per heavy atom. The first-order valence-corrected chi connectivity index (χ1v) is 4.52. The van der Waals surface area contributed by atoms with Crippen molar-refractivity contribution in [3.05, 3.63) is 48.9 Å². The molecule has 0 atom stereocenters. The van der Waals surface area contributed by atoms with Crippen LogP contribution in [0.4, 0.5) is 0 Å². The molecule has 0 aliphatic heterocycles. The molecule has 69 valence electrons. The molecule has 0 unspecified atom stereocenters. The van der Waals surface area contributed by atoms with Crippen molar-refractivity contribution in [3.8, 4) is 5.75 Å². The van der Waals surface area contributed by atoms with Gasteiger partial charge in [-0.25, -0.2) is 0 Å². The van der Waals surface area contributed by atoms with Gasteiger partial charge in [-0.2, -0.15) is 0 Å². The van der Waals surface area contributed by atoms with Gasteiger partial charge >= 0.3 is 0 Å². The Balaban J connectivity index is 2.58. The van der Waals surface area contributed by atoms with Crippen molar-refractivity contribution in [2.45, 2.75) is 13.3 Å². The summed E-state index contributed by atoms with van der Waals surface area (Å²) in [5, 5.41) is 0. The van der Waals surface area contributed by atoms with Crippen LogP contribution in [0.5, 0.6) is 5.75 Å². The van der Waals surface area contributed by atoms with Crippen molar-refractivity contribution in [2.24, 2.45) is 0 Å². The fourth-order valence-corrected chi connectivity index (χ4v) is 1.11. The average Bonchev–Trinajstić information content (AvgIpc) is 2.17. The summed E-state index contributed by atoms with van der Waals surface area (Å²) in [6, 6.07) is 8.14. The monoisotopic (exact) mass is 175 g/mol. The molecular weight excluding hydrogens is 160 g/mol. The fourth-order valence-electron chi connectivity index (χ4n) is 1.11. The van der Waals surface area contributed by atoms with Crippen LogP contribution in [-0.4, -0.2) is 6.61 Å². The van der Waals surface area contributed by atoms with Crippen LogP contribution in [0.15, 0.2) is 36.4 Å². The van der Waals surface area contributed by atoms with Crippen LogP contribution in [0.25, 0.3) is 0 Å². The summed E-state index contributed by atoms with van der Waals surface area (Å²) in [6.07, 6.45) is 4.79. The van der Waals surface area contributed by atoms with Crippen molar-refractivity contribution in [1.29, 1.82) is 0 Å². The van der Waals surface area contributed by atoms with Gasteiger partial charge in [-0.3, -0.25) is 0 Å². The second-order valence-electron chi connectivity index (χ2n) is 2.75. The fraction of sp³-hybridized carbons (Fsp3) is 0.250. The Bertz CT molecular complexity index is 259. The largest absolute Gasteiger partial charge is 0.494 e. The lowest BCUT2D eigenvalue weighted by Crippen LogP contribution is -1.91. The quantitative estimate of drug-likeness (QED) is 0.683. The van der Waals surface area contributed by atoms with Crippen molar-refractivity contribution in [3.63, 3.8) is 0 Å². The lowest BCUT2D eigenvalue weighted by atomic mass is 10.1. The highest BCUT2D eigenvalue weighted by Crippen LogP contribution is 2.12. The maximum absolute atomic E-state index is 5.33. The summed E-state index contributed by atoms with van der Waals surface area (Å²) in [6.45, 7) is 6.35. The van der Waals surface area contributed by atoms with Gasteiger partial charge in [0.15, 0.2) is 0 Å². The minimum absolute atomic E-state index is 0.720. The van der Waals surface area contributed by atoms with E-state index in [1.54, 1.807) is 0 Å². The molecule has 1 radical (unpaired) electrons. The van der Waals surface area contributed by atoms with Crippen LogP contribution in [0.2, 0.25) is 0 Å². The third-order valence-corrected chi connectivity index (χ3v) is 1.75. The lowest BCUT2D eigenvalue weighted by molar-refractivity contribution is 0.340. The van der Waals surface area contributed by atoms with Gasteiger partial charge in [-0.15, -0.1) is 0 Å². The van der Waals surface area contributed by atoms with E-state index in [-0.39, 0.29) is 0 Å². The lowest BCUT2D eigenvalue weighted by Gasteiger charge is -2.02. The van der Waals surface area contributed by atoms with E-state index in [1.165, 1.54) is 5.56 Å². The average molecular weight is 175 g/mol. The molecule has 0 aromatic heterocycles. The third kappa shape index (κ3) is 3.32. The summed E-state index contributed by atoms with van der Waals surface area (Å²) >= 11 is 0. The molecule has 0 saturated heterocycles. The zero-order chi connectivity index (χ0) is 9.52. The van der Waals surface area contributed by atoms with E-state index in [0.29, 0.717) is 0 Å². The zero-order valence-electron chi connectivity index (χ0n) is 7.99. The topological polar surface area (TPSA) is 9.23 Å². The third-order valence-electron chi connectivity index (χ3n) is 1.75. The molecule has 0 aliphatic rings.